The molecule has 52 heavy (non-hydrogen) atoms. The Bertz CT molecular complexity index is 2980. The van der Waals surface area contributed by atoms with Crippen molar-refractivity contribution in [2.75, 3.05) is 0 Å². The Balaban J connectivity index is 1.03. The second kappa shape index (κ2) is 10.6. The molecule has 12 rings (SSSR count). The molecule has 0 fully saturated rings. The molecule has 0 radical (unpaired) electrons. The number of hydrogen-bond acceptors (Lipinski definition) is 0. The molecule has 2 nitrogen and oxygen atoms in total. The highest BCUT2D eigenvalue weighted by Gasteiger charge is 2.32. The minimum absolute atomic E-state index is 0.457. The zero-order chi connectivity index (χ0) is 33.9. The minimum Gasteiger partial charge on any atom is -0.313 e. The van der Waals surface area contributed by atoms with Crippen LogP contribution in [0.4, 0.5) is 0 Å². The van der Waals surface area contributed by atoms with Gasteiger partial charge in [0.15, 0.2) is 0 Å². The van der Waals surface area contributed by atoms with E-state index in [-0.39, 0.29) is 0 Å². The molecule has 7 aromatic carbocycles. The van der Waals surface area contributed by atoms with E-state index in [1.807, 2.05) is 0 Å². The van der Waals surface area contributed by atoms with Crippen molar-refractivity contribution in [2.24, 2.45) is 0 Å². The zero-order valence-electron chi connectivity index (χ0n) is 28.7. The molecular formula is C50H34N2. The molecule has 1 aliphatic heterocycles. The molecule has 3 heterocycles. The number of aromatic nitrogens is 2. The lowest BCUT2D eigenvalue weighted by Crippen LogP contribution is -2.16. The van der Waals surface area contributed by atoms with Crippen LogP contribution in [0.5, 0.6) is 0 Å². The van der Waals surface area contributed by atoms with Gasteiger partial charge in [-0.05, 0) is 106 Å². The summed E-state index contributed by atoms with van der Waals surface area (Å²) in [6.07, 6.45) is 5.56. The van der Waals surface area contributed by atoms with E-state index in [1.165, 1.54) is 105 Å². The first kappa shape index (κ1) is 28.3. The summed E-state index contributed by atoms with van der Waals surface area (Å²) >= 11 is 0. The number of para-hydroxylation sites is 4. The fourth-order valence-corrected chi connectivity index (χ4v) is 9.96. The molecule has 0 spiro atoms. The first-order valence-electron chi connectivity index (χ1n) is 18.6. The van der Waals surface area contributed by atoms with Gasteiger partial charge in [-0.15, -0.1) is 0 Å². The van der Waals surface area contributed by atoms with E-state index in [4.69, 9.17) is 0 Å². The van der Waals surface area contributed by atoms with Gasteiger partial charge in [0.2, 0.25) is 0 Å². The van der Waals surface area contributed by atoms with Crippen LogP contribution >= 0.6 is 0 Å². The molecule has 0 saturated heterocycles. The molecule has 2 bridgehead atoms. The maximum absolute atomic E-state index is 2.53. The Kier molecular flexibility index (Phi) is 5.76. The van der Waals surface area contributed by atoms with Crippen molar-refractivity contribution in [2.45, 2.75) is 25.2 Å². The molecule has 1 atom stereocenters. The van der Waals surface area contributed by atoms with Crippen molar-refractivity contribution >= 4 is 44.4 Å². The quantitative estimate of drug-likeness (QED) is 0.178. The predicted molar refractivity (Wildman–Crippen MR) is 217 cm³/mol. The van der Waals surface area contributed by atoms with E-state index < -0.39 is 0 Å². The molecule has 0 saturated carbocycles. The van der Waals surface area contributed by atoms with Gasteiger partial charge in [0.05, 0.1) is 16.6 Å². The average molecular weight is 663 g/mol. The largest absolute Gasteiger partial charge is 0.313 e. The third kappa shape index (κ3) is 3.84. The van der Waals surface area contributed by atoms with Crippen molar-refractivity contribution in [3.8, 4) is 33.6 Å². The first-order valence-corrected chi connectivity index (χ1v) is 18.6. The second-order valence-corrected chi connectivity index (χ2v) is 14.8. The van der Waals surface area contributed by atoms with Gasteiger partial charge in [-0.2, -0.15) is 0 Å². The van der Waals surface area contributed by atoms with Gasteiger partial charge in [-0.25, -0.2) is 0 Å². The van der Waals surface area contributed by atoms with Crippen LogP contribution in [0, 0.1) is 0 Å². The summed E-state index contributed by atoms with van der Waals surface area (Å²) in [4.78, 5) is 0. The van der Waals surface area contributed by atoms with Gasteiger partial charge >= 0.3 is 0 Å². The second-order valence-electron chi connectivity index (χ2n) is 14.8. The minimum atomic E-state index is 0.457. The molecule has 1 unspecified atom stereocenters. The Morgan fingerprint density at radius 1 is 0.481 bits per heavy atom. The van der Waals surface area contributed by atoms with Crippen LogP contribution in [0.2, 0.25) is 0 Å². The van der Waals surface area contributed by atoms with Crippen LogP contribution in [-0.4, -0.2) is 9.13 Å². The van der Waals surface area contributed by atoms with Gasteiger partial charge < -0.3 is 9.13 Å². The van der Waals surface area contributed by atoms with Gasteiger partial charge in [0.1, 0.15) is 0 Å². The Morgan fingerprint density at radius 2 is 1.13 bits per heavy atom. The average Bonchev–Trinajstić information content (AvgIpc) is 3.82. The molecule has 2 aromatic heterocycles. The van der Waals surface area contributed by atoms with E-state index in [0.29, 0.717) is 5.92 Å². The van der Waals surface area contributed by atoms with Gasteiger partial charge in [-0.1, -0.05) is 127 Å². The van der Waals surface area contributed by atoms with Gasteiger partial charge in [0, 0.05) is 44.4 Å². The topological polar surface area (TPSA) is 9.86 Å². The monoisotopic (exact) mass is 662 g/mol. The van der Waals surface area contributed by atoms with Crippen molar-refractivity contribution in [3.63, 3.8) is 0 Å². The van der Waals surface area contributed by atoms with Gasteiger partial charge in [-0.3, -0.25) is 0 Å². The smallest absolute Gasteiger partial charge is 0.0619 e. The van der Waals surface area contributed by atoms with E-state index >= 15 is 0 Å². The molecule has 0 amide bonds. The maximum atomic E-state index is 2.53. The van der Waals surface area contributed by atoms with Crippen LogP contribution < -0.4 is 0 Å². The van der Waals surface area contributed by atoms with Crippen LogP contribution in [0.1, 0.15) is 45.8 Å². The number of fused-ring (bicyclic) bond motifs is 13. The molecule has 2 aliphatic carbocycles. The number of allylic oxidation sites excluding steroid dienone is 1. The predicted octanol–water partition coefficient (Wildman–Crippen LogP) is 12.5. The summed E-state index contributed by atoms with van der Waals surface area (Å²) in [5, 5.41) is 3.92. The summed E-state index contributed by atoms with van der Waals surface area (Å²) in [6, 6.07) is 59.0. The fraction of sp³-hybridized carbons (Fsp3) is 0.0800. The SMILES string of the molecule is C1=C(c2ccc(-n3c4ccccc4c4cccc(-c5cccc6c5Cc5ccccc5-6)c43)cc2)CC2Cc3c1c1ccccc1n3-c1ccccc12. The normalized spacial score (nSPS) is 15.4. The third-order valence-corrected chi connectivity index (χ3v) is 12.2. The highest BCUT2D eigenvalue weighted by Crippen LogP contribution is 2.48. The van der Waals surface area contributed by atoms with Crippen molar-refractivity contribution in [1.29, 1.82) is 0 Å². The lowest BCUT2D eigenvalue weighted by molar-refractivity contribution is 0.654. The summed E-state index contributed by atoms with van der Waals surface area (Å²) < 4.78 is 5.03. The van der Waals surface area contributed by atoms with E-state index in [0.717, 1.165) is 19.3 Å². The molecule has 244 valence electrons. The summed E-state index contributed by atoms with van der Waals surface area (Å²) in [7, 11) is 0. The van der Waals surface area contributed by atoms with Crippen LogP contribution in [-0.2, 0) is 12.8 Å². The van der Waals surface area contributed by atoms with E-state index in [9.17, 15) is 0 Å². The van der Waals surface area contributed by atoms with Crippen molar-refractivity contribution in [1.82, 2.24) is 9.13 Å². The zero-order valence-corrected chi connectivity index (χ0v) is 28.7. The molecule has 3 aliphatic rings. The van der Waals surface area contributed by atoms with Gasteiger partial charge in [0.25, 0.3) is 0 Å². The first-order chi connectivity index (χ1) is 25.8. The Hall–Kier alpha value is -6.38. The molecule has 0 N–H and O–H groups in total. The third-order valence-electron chi connectivity index (χ3n) is 12.2. The summed E-state index contributed by atoms with van der Waals surface area (Å²) in [6.45, 7) is 0. The highest BCUT2D eigenvalue weighted by atomic mass is 15.0. The molecule has 2 heteroatoms. The lowest BCUT2D eigenvalue weighted by Gasteiger charge is -2.28. The van der Waals surface area contributed by atoms with Crippen molar-refractivity contribution in [3.05, 3.63) is 191 Å². The fourth-order valence-electron chi connectivity index (χ4n) is 9.96. The standard InChI is InChI=1S/C50H34N2/c1-2-12-36-32(11-1)28-44-38(36)16-9-17-39(44)42-18-10-19-43-40-14-4-7-21-47(40)51(50(42)43)35-25-23-31(24-26-35)33-27-34-30-49-45(29-33)41-15-5-8-22-48(41)52(49)46-20-6-3-13-37(34)46/h1-26,29,34H,27-28,30H2. The van der Waals surface area contributed by atoms with Crippen LogP contribution in [0.3, 0.4) is 0 Å². The summed E-state index contributed by atoms with van der Waals surface area (Å²) in [5.74, 6) is 0.457. The van der Waals surface area contributed by atoms with E-state index in [1.54, 1.807) is 0 Å². The number of nitrogens with zero attached hydrogens (tertiary/aromatic N) is 2. The van der Waals surface area contributed by atoms with Crippen LogP contribution in [0.15, 0.2) is 158 Å². The van der Waals surface area contributed by atoms with Crippen LogP contribution in [0.25, 0.3) is 78.0 Å². The maximum Gasteiger partial charge on any atom is 0.0619 e. The molecule has 9 aromatic rings. The Labute approximate surface area is 302 Å². The highest BCUT2D eigenvalue weighted by molar-refractivity contribution is 6.14. The lowest BCUT2D eigenvalue weighted by atomic mass is 9.84. The Morgan fingerprint density at radius 3 is 2.02 bits per heavy atom. The summed E-state index contributed by atoms with van der Waals surface area (Å²) in [5.41, 5.74) is 21.6. The number of hydrogen-bond donors (Lipinski definition) is 0. The van der Waals surface area contributed by atoms with E-state index in [2.05, 4.69) is 173 Å². The number of benzene rings is 7. The molecular weight excluding hydrogens is 629 g/mol. The number of rotatable bonds is 3. The van der Waals surface area contributed by atoms with Crippen molar-refractivity contribution < 1.29 is 0 Å².